The normalized spacial score (nSPS) is 50.4. The molecule has 6 atom stereocenters. The number of alkyl halides is 6. The molecule has 0 aromatic heterocycles. The number of hydrogen-bond acceptors (Lipinski definition) is 3. The van der Waals surface area contributed by atoms with Crippen molar-refractivity contribution < 1.29 is 41.9 Å². The molecule has 4 aromatic carbocycles. The van der Waals surface area contributed by atoms with Crippen molar-refractivity contribution in [3.05, 3.63) is 120 Å². The Bertz CT molecular complexity index is 2500. The first-order valence-electron chi connectivity index (χ1n) is 17.5. The molecule has 10 aliphatic rings. The summed E-state index contributed by atoms with van der Waals surface area (Å²) in [5.74, 6) is 0.464. The molecule has 10 saturated heterocycles. The molecule has 0 aliphatic carbocycles. The van der Waals surface area contributed by atoms with Crippen LogP contribution in [0.1, 0.15) is 18.1 Å². The summed E-state index contributed by atoms with van der Waals surface area (Å²) in [7, 11) is -0.563. The molecule has 0 amide bonds. The molecule has 4 unspecified atom stereocenters. The average molecular weight is 779 g/mol. The molecule has 4 aromatic rings. The van der Waals surface area contributed by atoms with Gasteiger partial charge in [-0.3, -0.25) is 0 Å². The predicted molar refractivity (Wildman–Crippen MR) is 183 cm³/mol. The van der Waals surface area contributed by atoms with Crippen molar-refractivity contribution in [3.8, 4) is 11.5 Å². The first-order chi connectivity index (χ1) is 24.1. The van der Waals surface area contributed by atoms with Crippen LogP contribution in [0.4, 0.5) is 26.3 Å². The third kappa shape index (κ3) is 1.03. The summed E-state index contributed by atoms with van der Waals surface area (Å²) in [6, 6.07) is 31.8. The van der Waals surface area contributed by atoms with Crippen LogP contribution in [0.5, 0.6) is 11.5 Å². The van der Waals surface area contributed by atoms with Gasteiger partial charge in [0.05, 0.1) is 0 Å². The average Bonchev–Trinajstić information content (AvgIpc) is 4.07. The van der Waals surface area contributed by atoms with E-state index in [-0.39, 0.29) is 21.9 Å². The molecule has 3 nitrogen and oxygen atoms in total. The van der Waals surface area contributed by atoms with Gasteiger partial charge in [-0.05, 0) is 0 Å². The second-order valence-electron chi connectivity index (χ2n) is 18.5. The van der Waals surface area contributed by atoms with Crippen molar-refractivity contribution in [1.82, 2.24) is 4.67 Å². The maximum absolute atomic E-state index is 13.4. The van der Waals surface area contributed by atoms with Gasteiger partial charge in [0.2, 0.25) is 0 Å². The quantitative estimate of drug-likeness (QED) is 0.0909. The number of halogens is 6. The fraction of sp³-hybridized carbons (Fsp3) is 0.385. The van der Waals surface area contributed by atoms with E-state index >= 15 is 0 Å². The van der Waals surface area contributed by atoms with E-state index in [1.165, 1.54) is 34.9 Å². The summed E-state index contributed by atoms with van der Waals surface area (Å²) in [6.07, 6.45) is -8.98. The van der Waals surface area contributed by atoms with Crippen LogP contribution in [0.3, 0.4) is 0 Å². The molecule has 0 radical (unpaired) electrons. The molecule has 51 heavy (non-hydrogen) atoms. The van der Waals surface area contributed by atoms with Crippen molar-refractivity contribution in [2.24, 2.45) is 0 Å². The number of fused-ring (bicyclic) bond motifs is 10. The van der Waals surface area contributed by atoms with E-state index in [0.29, 0.717) is 4.05 Å². The second-order valence-corrected chi connectivity index (χ2v) is 46.0. The maximum atomic E-state index is 13.4. The van der Waals surface area contributed by atoms with Crippen molar-refractivity contribution >= 4 is 27.1 Å². The minimum atomic E-state index is -4.49. The summed E-state index contributed by atoms with van der Waals surface area (Å²) < 4.78 is 96.5. The fourth-order valence-corrected chi connectivity index (χ4v) is 116. The van der Waals surface area contributed by atoms with Gasteiger partial charge in [0.25, 0.3) is 0 Å². The Labute approximate surface area is 283 Å². The van der Waals surface area contributed by atoms with Gasteiger partial charge in [-0.15, -0.1) is 0 Å². The molecule has 10 heterocycles. The van der Waals surface area contributed by atoms with Crippen molar-refractivity contribution in [1.29, 1.82) is 0 Å². The van der Waals surface area contributed by atoms with E-state index < -0.39 is 46.4 Å². The Morgan fingerprint density at radius 3 is 1.37 bits per heavy atom. The Balaban J connectivity index is 0.905. The van der Waals surface area contributed by atoms with Crippen LogP contribution in [-0.2, 0) is 18.9 Å². The van der Waals surface area contributed by atoms with Gasteiger partial charge in [-0.1, -0.05) is 0 Å². The van der Waals surface area contributed by atoms with E-state index in [1.807, 2.05) is 7.05 Å². The predicted octanol–water partition coefficient (Wildman–Crippen LogP) is 11.5. The van der Waals surface area contributed by atoms with Crippen LogP contribution < -0.4 is 19.7 Å². The molecule has 12 heteroatoms. The number of hydrogen-bond donors (Lipinski definition) is 0. The third-order valence-electron chi connectivity index (χ3n) is 21.4. The molecule has 0 bridgehead atoms. The summed E-state index contributed by atoms with van der Waals surface area (Å²) in [4.78, 5) is 7.73. The van der Waals surface area contributed by atoms with E-state index in [0.717, 1.165) is 62.8 Å². The molecule has 0 saturated carbocycles. The van der Waals surface area contributed by atoms with E-state index in [1.54, 1.807) is 0 Å². The molecular weight excluding hydrogens is 746 g/mol. The zero-order valence-corrected chi connectivity index (χ0v) is 30.3. The molecule has 10 aliphatic heterocycles. The molecular formula is C39H33F6FeNO2P2. The molecule has 14 rings (SSSR count). The zero-order valence-electron chi connectivity index (χ0n) is 27.4. The Hall–Kier alpha value is -2.60. The first kappa shape index (κ1) is 28.8. The summed E-state index contributed by atoms with van der Waals surface area (Å²) in [5.41, 5.74) is -1.56. The summed E-state index contributed by atoms with van der Waals surface area (Å²) in [6.45, 7) is -1.87. The Morgan fingerprint density at radius 1 is 0.608 bits per heavy atom. The van der Waals surface area contributed by atoms with Gasteiger partial charge < -0.3 is 0 Å². The standard InChI is InChI=1S/C34H28F6NO2P2.C5H5.Fe/c1-24(31-14-9-15-32(31)44(29-10-5-3-6-11-29)30-12-7-4-8-13-30)41(2)45(42-27-20-16-25(17-21-27)33(35,36)37)43-28-22-18-26(19-23-28)34(38,39)40;1-2-4-5-3-1;/h3-24H,1-2H3;1-5H;/t24-;;/m1../s1. The van der Waals surface area contributed by atoms with E-state index in [2.05, 4.69) is 72.3 Å². The van der Waals surface area contributed by atoms with Crippen LogP contribution in [-0.4, -0.2) is 21.8 Å². The van der Waals surface area contributed by atoms with E-state index in [4.69, 9.17) is 9.05 Å². The van der Waals surface area contributed by atoms with Crippen LogP contribution in [0.15, 0.2) is 109 Å². The van der Waals surface area contributed by atoms with Crippen molar-refractivity contribution in [2.75, 3.05) is 7.05 Å². The molecule has 1 spiro atoms. The van der Waals surface area contributed by atoms with Crippen molar-refractivity contribution in [2.45, 2.75) is 72.2 Å². The van der Waals surface area contributed by atoms with Crippen LogP contribution in [0, 0.1) is 0 Å². The topological polar surface area (TPSA) is 21.7 Å². The fourth-order valence-electron chi connectivity index (χ4n) is 22.3. The van der Waals surface area contributed by atoms with Gasteiger partial charge in [0.1, 0.15) is 0 Å². The number of nitrogens with zero attached hydrogens (tertiary/aromatic N) is 1. The first-order valence-corrected chi connectivity index (χ1v) is 26.1. The molecule has 10 fully saturated rings. The summed E-state index contributed by atoms with van der Waals surface area (Å²) >= 11 is 0. The monoisotopic (exact) mass is 779 g/mol. The third-order valence-corrected chi connectivity index (χ3v) is 73.2. The van der Waals surface area contributed by atoms with Crippen LogP contribution >= 0.6 is 16.4 Å². The second kappa shape index (κ2) is 5.18. The Kier molecular flexibility index (Phi) is 2.93. The van der Waals surface area contributed by atoms with Crippen molar-refractivity contribution in [3.63, 3.8) is 0 Å². The SMILES string of the molecule is C[C@@H](N(C)P(Oc1ccc(C(F)(F)F)cc1)Oc1ccc(C(F)(F)F)cc1)[C@@]12[CH]3[CH]4[CH]5[C]1(P(c1ccccc1)c1ccccc1)[Fe]45321678[CH]2[CH]1[CH]6[CH]7[CH]28. The summed E-state index contributed by atoms with van der Waals surface area (Å²) in [5, 5.41) is 2.95. The van der Waals surface area contributed by atoms with E-state index in [9.17, 15) is 26.3 Å². The number of benzene rings is 4. The van der Waals surface area contributed by atoms with Crippen LogP contribution in [0.2, 0.25) is 42.8 Å². The van der Waals surface area contributed by atoms with Gasteiger partial charge in [-0.2, -0.15) is 0 Å². The molecule has 0 N–H and O–H groups in total. The van der Waals surface area contributed by atoms with Crippen LogP contribution in [0.25, 0.3) is 0 Å². The molecule has 266 valence electrons. The number of rotatable bonds is 10. The Morgan fingerprint density at radius 2 is 1.02 bits per heavy atom. The zero-order chi connectivity index (χ0) is 34.9. The van der Waals surface area contributed by atoms with Gasteiger partial charge in [-0.25, -0.2) is 0 Å². The van der Waals surface area contributed by atoms with Gasteiger partial charge >= 0.3 is 285 Å². The minimum absolute atomic E-state index is 0.105. The van der Waals surface area contributed by atoms with Gasteiger partial charge in [0.15, 0.2) is 0 Å². The van der Waals surface area contributed by atoms with Gasteiger partial charge in [0, 0.05) is 0 Å².